The maximum atomic E-state index is 4.25. The van der Waals surface area contributed by atoms with Crippen LogP contribution in [0.25, 0.3) is 11.4 Å². The van der Waals surface area contributed by atoms with Crippen LogP contribution in [-0.2, 0) is 0 Å². The third-order valence-electron chi connectivity index (χ3n) is 1.71. The zero-order valence-electron chi connectivity index (χ0n) is 7.08. The average molecular weight is 238 g/mol. The largest absolute Gasteiger partial charge is 0.263 e. The molecule has 1 N–H and O–H groups in total. The zero-order chi connectivity index (χ0) is 9.26. The number of hydrogen-bond donors (Lipinski definition) is 1. The van der Waals surface area contributed by atoms with E-state index in [-0.39, 0.29) is 0 Å². The SMILES string of the molecule is Cc1nc(-c2ccccc2Br)n[nH]1. The van der Waals surface area contributed by atoms with E-state index < -0.39 is 0 Å². The van der Waals surface area contributed by atoms with Crippen molar-refractivity contribution in [2.45, 2.75) is 6.92 Å². The summed E-state index contributed by atoms with van der Waals surface area (Å²) in [7, 11) is 0. The van der Waals surface area contributed by atoms with E-state index in [4.69, 9.17) is 0 Å². The Morgan fingerprint density at radius 3 is 2.69 bits per heavy atom. The fraction of sp³-hybridized carbons (Fsp3) is 0.111. The average Bonchev–Trinajstić information content (AvgIpc) is 2.53. The third-order valence-corrected chi connectivity index (χ3v) is 2.40. The van der Waals surface area contributed by atoms with Gasteiger partial charge in [0.05, 0.1) is 0 Å². The molecule has 0 fully saturated rings. The molecule has 0 aliphatic heterocycles. The van der Waals surface area contributed by atoms with Gasteiger partial charge in [-0.3, -0.25) is 5.10 Å². The van der Waals surface area contributed by atoms with Crippen LogP contribution in [0.2, 0.25) is 0 Å². The molecule has 1 aromatic carbocycles. The van der Waals surface area contributed by atoms with Crippen LogP contribution < -0.4 is 0 Å². The molecule has 3 nitrogen and oxygen atoms in total. The molecule has 2 rings (SSSR count). The number of aromatic nitrogens is 3. The number of H-pyrrole nitrogens is 1. The Morgan fingerprint density at radius 1 is 1.31 bits per heavy atom. The molecule has 0 aliphatic carbocycles. The molecule has 0 bridgehead atoms. The summed E-state index contributed by atoms with van der Waals surface area (Å²) in [6.45, 7) is 1.88. The molecular weight excluding hydrogens is 230 g/mol. The van der Waals surface area contributed by atoms with Gasteiger partial charge >= 0.3 is 0 Å². The van der Waals surface area contributed by atoms with Gasteiger partial charge in [-0.15, -0.1) is 0 Å². The molecular formula is C9H8BrN3. The summed E-state index contributed by atoms with van der Waals surface area (Å²) >= 11 is 3.45. The molecule has 66 valence electrons. The van der Waals surface area contributed by atoms with E-state index in [1.807, 2.05) is 31.2 Å². The van der Waals surface area contributed by atoms with E-state index >= 15 is 0 Å². The van der Waals surface area contributed by atoms with Gasteiger partial charge < -0.3 is 0 Å². The number of aromatic amines is 1. The van der Waals surface area contributed by atoms with Crippen molar-refractivity contribution in [3.05, 3.63) is 34.6 Å². The summed E-state index contributed by atoms with van der Waals surface area (Å²) in [4.78, 5) is 4.25. The maximum Gasteiger partial charge on any atom is 0.182 e. The van der Waals surface area contributed by atoms with E-state index in [0.717, 1.165) is 21.7 Å². The van der Waals surface area contributed by atoms with Gasteiger partial charge in [-0.25, -0.2) is 4.98 Å². The van der Waals surface area contributed by atoms with Crippen LogP contribution in [0, 0.1) is 6.92 Å². The minimum Gasteiger partial charge on any atom is -0.263 e. The molecule has 13 heavy (non-hydrogen) atoms. The van der Waals surface area contributed by atoms with Crippen molar-refractivity contribution in [1.29, 1.82) is 0 Å². The van der Waals surface area contributed by atoms with Gasteiger partial charge in [-0.1, -0.05) is 28.1 Å². The lowest BCUT2D eigenvalue weighted by Gasteiger charge is -1.96. The van der Waals surface area contributed by atoms with Gasteiger partial charge in [0.1, 0.15) is 5.82 Å². The second kappa shape index (κ2) is 3.30. The van der Waals surface area contributed by atoms with Crippen molar-refractivity contribution in [3.63, 3.8) is 0 Å². The number of halogens is 1. The zero-order valence-corrected chi connectivity index (χ0v) is 8.67. The summed E-state index contributed by atoms with van der Waals surface area (Å²) in [5.74, 6) is 1.55. The van der Waals surface area contributed by atoms with Gasteiger partial charge in [-0.05, 0) is 19.1 Å². The highest BCUT2D eigenvalue weighted by Gasteiger charge is 2.05. The lowest BCUT2D eigenvalue weighted by Crippen LogP contribution is -1.81. The highest BCUT2D eigenvalue weighted by Crippen LogP contribution is 2.24. The predicted molar refractivity (Wildman–Crippen MR) is 54.3 cm³/mol. The quantitative estimate of drug-likeness (QED) is 0.829. The summed E-state index contributed by atoms with van der Waals surface area (Å²) < 4.78 is 1.01. The molecule has 4 heteroatoms. The smallest absolute Gasteiger partial charge is 0.182 e. The van der Waals surface area contributed by atoms with Crippen LogP contribution in [0.15, 0.2) is 28.7 Å². The monoisotopic (exact) mass is 237 g/mol. The number of aryl methyl sites for hydroxylation is 1. The van der Waals surface area contributed by atoms with Crippen LogP contribution in [0.1, 0.15) is 5.82 Å². The van der Waals surface area contributed by atoms with Crippen molar-refractivity contribution >= 4 is 15.9 Å². The fourth-order valence-corrected chi connectivity index (χ4v) is 1.57. The van der Waals surface area contributed by atoms with E-state index in [0.29, 0.717) is 0 Å². The van der Waals surface area contributed by atoms with E-state index in [2.05, 4.69) is 31.1 Å². The Balaban J connectivity index is 2.52. The first-order valence-corrected chi connectivity index (χ1v) is 4.70. The highest BCUT2D eigenvalue weighted by atomic mass is 79.9. The molecule has 0 aliphatic rings. The second-order valence-electron chi connectivity index (χ2n) is 2.72. The van der Waals surface area contributed by atoms with Gasteiger partial charge in [0.25, 0.3) is 0 Å². The molecule has 0 unspecified atom stereocenters. The molecule has 0 atom stereocenters. The number of nitrogens with one attached hydrogen (secondary N) is 1. The fourth-order valence-electron chi connectivity index (χ4n) is 1.11. The van der Waals surface area contributed by atoms with Crippen LogP contribution >= 0.6 is 15.9 Å². The van der Waals surface area contributed by atoms with E-state index in [1.54, 1.807) is 0 Å². The number of hydrogen-bond acceptors (Lipinski definition) is 2. The molecule has 1 aromatic heterocycles. The van der Waals surface area contributed by atoms with Crippen molar-refractivity contribution in [2.24, 2.45) is 0 Å². The standard InChI is InChI=1S/C9H8BrN3/c1-6-11-9(13-12-6)7-4-2-3-5-8(7)10/h2-5H,1H3,(H,11,12,13). The summed E-state index contributed by atoms with van der Waals surface area (Å²) in [6.07, 6.45) is 0. The maximum absolute atomic E-state index is 4.25. The lowest BCUT2D eigenvalue weighted by atomic mass is 10.2. The summed E-state index contributed by atoms with van der Waals surface area (Å²) in [5.41, 5.74) is 1.01. The Labute approximate surface area is 84.3 Å². The van der Waals surface area contributed by atoms with Crippen molar-refractivity contribution < 1.29 is 0 Å². The second-order valence-corrected chi connectivity index (χ2v) is 3.58. The Hall–Kier alpha value is -1.16. The van der Waals surface area contributed by atoms with Crippen molar-refractivity contribution in [1.82, 2.24) is 15.2 Å². The van der Waals surface area contributed by atoms with E-state index in [1.165, 1.54) is 0 Å². The van der Waals surface area contributed by atoms with Crippen molar-refractivity contribution in [2.75, 3.05) is 0 Å². The first kappa shape index (κ1) is 8.44. The molecule has 0 amide bonds. The number of nitrogens with zero attached hydrogens (tertiary/aromatic N) is 2. The van der Waals surface area contributed by atoms with Gasteiger partial charge in [-0.2, -0.15) is 5.10 Å². The van der Waals surface area contributed by atoms with E-state index in [9.17, 15) is 0 Å². The van der Waals surface area contributed by atoms with Crippen LogP contribution in [0.3, 0.4) is 0 Å². The molecule has 0 spiro atoms. The van der Waals surface area contributed by atoms with Gasteiger partial charge in [0.15, 0.2) is 5.82 Å². The Morgan fingerprint density at radius 2 is 2.08 bits per heavy atom. The molecule has 0 saturated heterocycles. The Kier molecular flexibility index (Phi) is 2.14. The normalized spacial score (nSPS) is 10.3. The molecule has 0 saturated carbocycles. The predicted octanol–water partition coefficient (Wildman–Crippen LogP) is 2.54. The third kappa shape index (κ3) is 1.62. The van der Waals surface area contributed by atoms with Crippen LogP contribution in [0.4, 0.5) is 0 Å². The summed E-state index contributed by atoms with van der Waals surface area (Å²) in [6, 6.07) is 7.88. The van der Waals surface area contributed by atoms with Gasteiger partial charge in [0, 0.05) is 10.0 Å². The van der Waals surface area contributed by atoms with Crippen LogP contribution in [-0.4, -0.2) is 15.2 Å². The minimum atomic E-state index is 0.727. The van der Waals surface area contributed by atoms with Crippen molar-refractivity contribution in [3.8, 4) is 11.4 Å². The molecule has 1 heterocycles. The topological polar surface area (TPSA) is 41.6 Å². The summed E-state index contributed by atoms with van der Waals surface area (Å²) in [5, 5.41) is 6.89. The minimum absolute atomic E-state index is 0.727. The van der Waals surface area contributed by atoms with Crippen LogP contribution in [0.5, 0.6) is 0 Å². The van der Waals surface area contributed by atoms with Gasteiger partial charge in [0.2, 0.25) is 0 Å². The first-order chi connectivity index (χ1) is 6.27. The molecule has 2 aromatic rings. The Bertz CT molecular complexity index is 422. The number of benzene rings is 1. The number of rotatable bonds is 1. The molecule has 0 radical (unpaired) electrons. The first-order valence-electron chi connectivity index (χ1n) is 3.91. The lowest BCUT2D eigenvalue weighted by molar-refractivity contribution is 1.04. The highest BCUT2D eigenvalue weighted by molar-refractivity contribution is 9.10.